The third-order valence-electron chi connectivity index (χ3n) is 2.87. The van der Waals surface area contributed by atoms with Gasteiger partial charge in [0.05, 0.1) is 5.75 Å². The zero-order valence-electron chi connectivity index (χ0n) is 8.04. The van der Waals surface area contributed by atoms with Gasteiger partial charge in [0.15, 0.2) is 0 Å². The third-order valence-corrected chi connectivity index (χ3v) is 3.65. The summed E-state index contributed by atoms with van der Waals surface area (Å²) in [6, 6.07) is 0. The summed E-state index contributed by atoms with van der Waals surface area (Å²) in [6.07, 6.45) is 4.63. The van der Waals surface area contributed by atoms with E-state index >= 15 is 0 Å². The van der Waals surface area contributed by atoms with E-state index in [2.05, 4.69) is 12.2 Å². The lowest BCUT2D eigenvalue weighted by Crippen LogP contribution is -2.51. The lowest BCUT2D eigenvalue weighted by molar-refractivity contribution is 0.182. The van der Waals surface area contributed by atoms with E-state index in [0.717, 1.165) is 19.3 Å². The summed E-state index contributed by atoms with van der Waals surface area (Å²) in [5, 5.41) is 8.18. The summed E-state index contributed by atoms with van der Waals surface area (Å²) in [4.78, 5) is 0. The summed E-state index contributed by atoms with van der Waals surface area (Å²) >= 11 is 0. The van der Waals surface area contributed by atoms with Gasteiger partial charge in [-0.05, 0) is 25.7 Å². The number of nitrogens with two attached hydrogens (primary N) is 1. The number of nitrogens with one attached hydrogen (secondary N) is 1. The van der Waals surface area contributed by atoms with Crippen molar-refractivity contribution in [3.63, 3.8) is 0 Å². The van der Waals surface area contributed by atoms with Gasteiger partial charge >= 0.3 is 0 Å². The van der Waals surface area contributed by atoms with Crippen LogP contribution in [0.25, 0.3) is 0 Å². The molecule has 0 aliphatic heterocycles. The molecule has 1 saturated carbocycles. The molecule has 1 rings (SSSR count). The van der Waals surface area contributed by atoms with Gasteiger partial charge in [-0.2, -0.15) is 0 Å². The fraction of sp³-hybridized carbons (Fsp3) is 1.00. The Morgan fingerprint density at radius 3 is 2.38 bits per heavy atom. The molecule has 0 amide bonds. The number of rotatable bonds is 5. The molecular formula is C8H18N2O2S. The Bertz CT molecular complexity index is 252. The molecule has 4 nitrogen and oxygen atoms in total. The minimum absolute atomic E-state index is 0.0365. The molecule has 0 aromatic carbocycles. The average molecular weight is 206 g/mol. The van der Waals surface area contributed by atoms with Gasteiger partial charge in [0.2, 0.25) is 10.0 Å². The molecule has 0 saturated heterocycles. The van der Waals surface area contributed by atoms with E-state index in [1.165, 1.54) is 6.42 Å². The summed E-state index contributed by atoms with van der Waals surface area (Å²) < 4.78 is 21.3. The van der Waals surface area contributed by atoms with Crippen molar-refractivity contribution in [3.8, 4) is 0 Å². The predicted molar refractivity (Wildman–Crippen MR) is 52.8 cm³/mol. The van der Waals surface area contributed by atoms with Gasteiger partial charge in [0.1, 0.15) is 0 Å². The lowest BCUT2D eigenvalue weighted by Gasteiger charge is -2.42. The second kappa shape index (κ2) is 3.94. The number of primary sulfonamides is 1. The topological polar surface area (TPSA) is 72.2 Å². The Balaban J connectivity index is 2.26. The maximum atomic E-state index is 10.6. The lowest BCUT2D eigenvalue weighted by atomic mass is 9.75. The fourth-order valence-electron chi connectivity index (χ4n) is 1.72. The SMILES string of the molecule is CCC1(NCCS(N)(=O)=O)CCC1. The molecule has 78 valence electrons. The molecule has 3 N–H and O–H groups in total. The van der Waals surface area contributed by atoms with Crippen molar-refractivity contribution in [2.75, 3.05) is 12.3 Å². The van der Waals surface area contributed by atoms with Gasteiger partial charge < -0.3 is 5.32 Å². The standard InChI is InChI=1S/C8H18N2O2S/c1-2-8(4-3-5-8)10-6-7-13(9,11)12/h10H,2-7H2,1H3,(H2,9,11,12). The molecule has 0 radical (unpaired) electrons. The van der Waals surface area contributed by atoms with Crippen LogP contribution in [0.2, 0.25) is 0 Å². The van der Waals surface area contributed by atoms with Crippen LogP contribution < -0.4 is 10.5 Å². The van der Waals surface area contributed by atoms with Crippen LogP contribution in [0.3, 0.4) is 0 Å². The molecule has 0 heterocycles. The van der Waals surface area contributed by atoms with E-state index in [1.807, 2.05) is 0 Å². The Morgan fingerprint density at radius 1 is 1.46 bits per heavy atom. The van der Waals surface area contributed by atoms with E-state index < -0.39 is 10.0 Å². The van der Waals surface area contributed by atoms with Crippen LogP contribution in [0.4, 0.5) is 0 Å². The van der Waals surface area contributed by atoms with Gasteiger partial charge in [-0.25, -0.2) is 13.6 Å². The highest BCUT2D eigenvalue weighted by Crippen LogP contribution is 2.34. The first kappa shape index (κ1) is 10.9. The minimum atomic E-state index is -3.30. The van der Waals surface area contributed by atoms with E-state index in [4.69, 9.17) is 5.14 Å². The van der Waals surface area contributed by atoms with Crippen LogP contribution >= 0.6 is 0 Å². The van der Waals surface area contributed by atoms with Crippen molar-refractivity contribution >= 4 is 10.0 Å². The Labute approximate surface area is 79.9 Å². The Kier molecular flexibility index (Phi) is 3.32. The molecule has 0 aromatic rings. The fourth-order valence-corrected chi connectivity index (χ4v) is 2.10. The van der Waals surface area contributed by atoms with Crippen LogP contribution in [-0.2, 0) is 10.0 Å². The molecule has 0 atom stereocenters. The zero-order chi connectivity index (χ0) is 9.95. The molecule has 1 aliphatic carbocycles. The van der Waals surface area contributed by atoms with Crippen molar-refractivity contribution in [1.29, 1.82) is 0 Å². The van der Waals surface area contributed by atoms with Gasteiger partial charge in [-0.1, -0.05) is 6.92 Å². The van der Waals surface area contributed by atoms with Crippen LogP contribution in [-0.4, -0.2) is 26.3 Å². The highest BCUT2D eigenvalue weighted by Gasteiger charge is 2.34. The molecule has 13 heavy (non-hydrogen) atoms. The van der Waals surface area contributed by atoms with Gasteiger partial charge in [-0.15, -0.1) is 0 Å². The quantitative estimate of drug-likeness (QED) is 0.675. The number of hydrogen-bond acceptors (Lipinski definition) is 3. The monoisotopic (exact) mass is 206 g/mol. The molecule has 0 aromatic heterocycles. The minimum Gasteiger partial charge on any atom is -0.310 e. The first-order valence-corrected chi connectivity index (χ1v) is 6.44. The van der Waals surface area contributed by atoms with E-state index in [9.17, 15) is 8.42 Å². The molecule has 0 bridgehead atoms. The maximum Gasteiger partial charge on any atom is 0.210 e. The van der Waals surface area contributed by atoms with Gasteiger partial charge in [0, 0.05) is 12.1 Å². The van der Waals surface area contributed by atoms with Crippen molar-refractivity contribution in [2.45, 2.75) is 38.1 Å². The molecule has 1 aliphatic rings. The highest BCUT2D eigenvalue weighted by atomic mass is 32.2. The largest absolute Gasteiger partial charge is 0.310 e. The van der Waals surface area contributed by atoms with E-state index in [0.29, 0.717) is 6.54 Å². The summed E-state index contributed by atoms with van der Waals surface area (Å²) in [6.45, 7) is 2.61. The van der Waals surface area contributed by atoms with E-state index in [-0.39, 0.29) is 11.3 Å². The Morgan fingerprint density at radius 2 is 2.08 bits per heavy atom. The first-order valence-electron chi connectivity index (χ1n) is 4.73. The molecular weight excluding hydrogens is 188 g/mol. The zero-order valence-corrected chi connectivity index (χ0v) is 8.86. The normalized spacial score (nSPS) is 21.1. The van der Waals surface area contributed by atoms with Crippen LogP contribution in [0.5, 0.6) is 0 Å². The highest BCUT2D eigenvalue weighted by molar-refractivity contribution is 7.89. The number of sulfonamides is 1. The molecule has 1 fully saturated rings. The van der Waals surface area contributed by atoms with Gasteiger partial charge in [-0.3, -0.25) is 0 Å². The second-order valence-electron chi connectivity index (χ2n) is 3.78. The van der Waals surface area contributed by atoms with Crippen LogP contribution in [0.15, 0.2) is 0 Å². The summed E-state index contributed by atoms with van der Waals surface area (Å²) in [5.41, 5.74) is 0.213. The molecule has 5 heteroatoms. The van der Waals surface area contributed by atoms with Crippen molar-refractivity contribution in [3.05, 3.63) is 0 Å². The third kappa shape index (κ3) is 3.25. The van der Waals surface area contributed by atoms with Crippen LogP contribution in [0, 0.1) is 0 Å². The predicted octanol–water partition coefficient (Wildman–Crippen LogP) is 0.197. The van der Waals surface area contributed by atoms with Crippen molar-refractivity contribution in [2.24, 2.45) is 5.14 Å². The smallest absolute Gasteiger partial charge is 0.210 e. The summed E-state index contributed by atoms with van der Waals surface area (Å²) in [5.74, 6) is 0.0365. The van der Waals surface area contributed by atoms with Crippen LogP contribution in [0.1, 0.15) is 32.6 Å². The average Bonchev–Trinajstić information content (AvgIpc) is 1.92. The maximum absolute atomic E-state index is 10.6. The Hall–Kier alpha value is -0.130. The summed E-state index contributed by atoms with van der Waals surface area (Å²) in [7, 11) is -3.30. The van der Waals surface area contributed by atoms with E-state index in [1.54, 1.807) is 0 Å². The number of hydrogen-bond donors (Lipinski definition) is 2. The van der Waals surface area contributed by atoms with Gasteiger partial charge in [0.25, 0.3) is 0 Å². The van der Waals surface area contributed by atoms with Crippen molar-refractivity contribution < 1.29 is 8.42 Å². The molecule has 0 unspecified atom stereocenters. The molecule has 0 spiro atoms. The first-order chi connectivity index (χ1) is 5.97. The second-order valence-corrected chi connectivity index (χ2v) is 5.52. The van der Waals surface area contributed by atoms with Crippen molar-refractivity contribution in [1.82, 2.24) is 5.32 Å².